The molecule has 1 aliphatic heterocycles. The maximum Gasteiger partial charge on any atom is 0.222 e. The Morgan fingerprint density at radius 3 is 2.81 bits per heavy atom. The highest BCUT2D eigenvalue weighted by atomic mass is 32.1. The summed E-state index contributed by atoms with van der Waals surface area (Å²) in [6, 6.07) is 7.15. The molecule has 0 saturated carbocycles. The molecule has 0 amide bonds. The van der Waals surface area contributed by atoms with Gasteiger partial charge in [-0.2, -0.15) is 4.98 Å². The van der Waals surface area contributed by atoms with Crippen LogP contribution in [0.15, 0.2) is 30.5 Å². The summed E-state index contributed by atoms with van der Waals surface area (Å²) in [5, 5.41) is 0.436. The first-order valence-corrected chi connectivity index (χ1v) is 10.9. The molecule has 4 aromatic rings. The number of fused-ring (bicyclic) bond motifs is 2. The lowest BCUT2D eigenvalue weighted by atomic mass is 10.0. The van der Waals surface area contributed by atoms with Crippen LogP contribution < -0.4 is 21.1 Å². The van der Waals surface area contributed by atoms with E-state index in [0.29, 0.717) is 27.5 Å². The van der Waals surface area contributed by atoms with Crippen LogP contribution in [0.2, 0.25) is 0 Å². The van der Waals surface area contributed by atoms with Crippen molar-refractivity contribution in [3.63, 3.8) is 0 Å². The highest BCUT2D eigenvalue weighted by molar-refractivity contribution is 7.21. The Morgan fingerprint density at radius 1 is 1.16 bits per heavy atom. The summed E-state index contributed by atoms with van der Waals surface area (Å²) in [6.07, 6.45) is 1.72. The van der Waals surface area contributed by atoms with Crippen LogP contribution in [0.5, 0.6) is 5.75 Å². The van der Waals surface area contributed by atoms with Crippen molar-refractivity contribution < 1.29 is 10.2 Å². The minimum absolute atomic E-state index is 0.00931. The SMILES string of the molecule is [2H]C1([2H])Oc2ccc(-c3cnc4sc(N)nc4c3)cc2CN(c2nc(N)nc(C)c2C(C)C)C1([2H])[2H]. The van der Waals surface area contributed by atoms with E-state index in [1.165, 1.54) is 16.2 Å². The fraction of sp³-hybridized carbons (Fsp3) is 0.304. The highest BCUT2D eigenvalue weighted by Crippen LogP contribution is 2.35. The van der Waals surface area contributed by atoms with Gasteiger partial charge in [-0.3, -0.25) is 0 Å². The summed E-state index contributed by atoms with van der Waals surface area (Å²) in [4.78, 5) is 19.4. The van der Waals surface area contributed by atoms with Gasteiger partial charge >= 0.3 is 0 Å². The Morgan fingerprint density at radius 2 is 2.00 bits per heavy atom. The summed E-state index contributed by atoms with van der Waals surface area (Å²) in [5.41, 5.74) is 15.9. The van der Waals surface area contributed by atoms with Crippen molar-refractivity contribution in [3.05, 3.63) is 47.3 Å². The van der Waals surface area contributed by atoms with Crippen LogP contribution in [-0.4, -0.2) is 33.0 Å². The van der Waals surface area contributed by atoms with Crippen molar-refractivity contribution in [1.82, 2.24) is 19.9 Å². The van der Waals surface area contributed by atoms with Gasteiger partial charge in [0.05, 0.1) is 12.0 Å². The zero-order chi connectivity index (χ0) is 26.0. The first-order chi connectivity index (χ1) is 16.9. The van der Waals surface area contributed by atoms with Crippen LogP contribution in [0.25, 0.3) is 21.5 Å². The lowest BCUT2D eigenvalue weighted by molar-refractivity contribution is 0.331. The lowest BCUT2D eigenvalue weighted by Gasteiger charge is -2.26. The molecule has 3 aromatic heterocycles. The van der Waals surface area contributed by atoms with Gasteiger partial charge in [0.15, 0.2) is 5.13 Å². The van der Waals surface area contributed by atoms with Crippen molar-refractivity contribution in [2.24, 2.45) is 0 Å². The normalized spacial score (nSPS) is 18.8. The number of pyridine rings is 1. The van der Waals surface area contributed by atoms with Crippen molar-refractivity contribution in [3.8, 4) is 16.9 Å². The van der Waals surface area contributed by atoms with Crippen LogP contribution in [0.3, 0.4) is 0 Å². The number of ether oxygens (including phenoxy) is 1. The predicted molar refractivity (Wildman–Crippen MR) is 129 cm³/mol. The number of benzene rings is 1. The Labute approximate surface area is 195 Å². The first kappa shape index (κ1) is 16.2. The van der Waals surface area contributed by atoms with E-state index in [4.69, 9.17) is 21.7 Å². The van der Waals surface area contributed by atoms with Gasteiger partial charge in [-0.1, -0.05) is 31.3 Å². The minimum Gasteiger partial charge on any atom is -0.491 e. The van der Waals surface area contributed by atoms with Crippen molar-refractivity contribution in [2.45, 2.75) is 33.2 Å². The summed E-state index contributed by atoms with van der Waals surface area (Å²) in [7, 11) is 0. The molecule has 0 atom stereocenters. The Balaban J connectivity index is 1.66. The molecular formula is C23H25N7OS. The molecule has 0 saturated heterocycles. The number of hydrogen-bond donors (Lipinski definition) is 2. The number of thiazole rings is 1. The molecule has 1 aromatic carbocycles. The number of anilines is 3. The number of nitrogens with two attached hydrogens (primary N) is 2. The number of nitrogen functional groups attached to an aromatic ring is 2. The monoisotopic (exact) mass is 451 g/mol. The molecule has 0 spiro atoms. The second-order valence-electron chi connectivity index (χ2n) is 7.88. The van der Waals surface area contributed by atoms with Gasteiger partial charge in [-0.15, -0.1) is 0 Å². The van der Waals surface area contributed by atoms with E-state index in [9.17, 15) is 0 Å². The molecular weight excluding hydrogens is 422 g/mol. The molecule has 5 rings (SSSR count). The van der Waals surface area contributed by atoms with Crippen LogP contribution in [0.4, 0.5) is 16.9 Å². The van der Waals surface area contributed by atoms with Gasteiger partial charge in [0, 0.05) is 35.1 Å². The molecule has 0 radical (unpaired) electrons. The molecule has 0 unspecified atom stereocenters. The minimum atomic E-state index is -2.69. The standard InChI is InChI=1S/C23H25N7OS/c1-12(2)19-13(3)27-22(24)29-20(19)30-6-7-31-18-5-4-14(8-16(18)11-30)15-9-17-21(26-10-15)32-23(25)28-17/h4-5,8-10,12H,6-7,11H2,1-3H3,(H2,25,28)(H2,24,27,29)/i6D2,7D2. The van der Waals surface area contributed by atoms with Gasteiger partial charge in [-0.05, 0) is 36.6 Å². The lowest BCUT2D eigenvalue weighted by Crippen LogP contribution is -2.28. The van der Waals surface area contributed by atoms with E-state index in [-0.39, 0.29) is 30.0 Å². The molecule has 0 aliphatic carbocycles. The van der Waals surface area contributed by atoms with E-state index < -0.39 is 13.1 Å². The maximum absolute atomic E-state index is 8.79. The molecule has 0 fully saturated rings. The zero-order valence-electron chi connectivity index (χ0n) is 21.9. The number of aromatic nitrogens is 4. The van der Waals surface area contributed by atoms with Crippen LogP contribution in [-0.2, 0) is 6.54 Å². The number of nitrogens with zero attached hydrogens (tertiary/aromatic N) is 5. The third-order valence-electron chi connectivity index (χ3n) is 5.29. The van der Waals surface area contributed by atoms with Gasteiger partial charge < -0.3 is 21.1 Å². The van der Waals surface area contributed by atoms with E-state index in [1.54, 1.807) is 25.3 Å². The Kier molecular flexibility index (Phi) is 4.00. The zero-order valence-corrected chi connectivity index (χ0v) is 18.7. The molecule has 4 heterocycles. The van der Waals surface area contributed by atoms with Crippen molar-refractivity contribution in [1.29, 1.82) is 0 Å². The van der Waals surface area contributed by atoms with Crippen LogP contribution in [0, 0.1) is 6.92 Å². The summed E-state index contributed by atoms with van der Waals surface area (Å²) in [6.45, 7) is 0.400. The molecule has 9 heteroatoms. The Bertz CT molecular complexity index is 1490. The van der Waals surface area contributed by atoms with E-state index in [2.05, 4.69) is 19.9 Å². The predicted octanol–water partition coefficient (Wildman–Crippen LogP) is 4.14. The van der Waals surface area contributed by atoms with Crippen LogP contribution in [0.1, 0.15) is 42.1 Å². The topological polar surface area (TPSA) is 116 Å². The van der Waals surface area contributed by atoms with E-state index in [0.717, 1.165) is 16.0 Å². The average Bonchev–Trinajstić information content (AvgIpc) is 3.12. The van der Waals surface area contributed by atoms with E-state index >= 15 is 0 Å². The third-order valence-corrected chi connectivity index (χ3v) is 6.10. The van der Waals surface area contributed by atoms with Gasteiger partial charge in [0.1, 0.15) is 28.5 Å². The largest absolute Gasteiger partial charge is 0.491 e. The Hall–Kier alpha value is -3.46. The quantitative estimate of drug-likeness (QED) is 0.477. The second kappa shape index (κ2) is 7.90. The molecule has 1 aliphatic rings. The number of rotatable bonds is 3. The van der Waals surface area contributed by atoms with Crippen molar-refractivity contribution in [2.75, 3.05) is 29.4 Å². The molecule has 4 N–H and O–H groups in total. The smallest absolute Gasteiger partial charge is 0.222 e. The molecule has 8 nitrogen and oxygen atoms in total. The van der Waals surface area contributed by atoms with Gasteiger partial charge in [-0.25, -0.2) is 15.0 Å². The summed E-state index contributed by atoms with van der Waals surface area (Å²) < 4.78 is 40.2. The fourth-order valence-corrected chi connectivity index (χ4v) is 4.58. The number of aryl methyl sites for hydroxylation is 1. The van der Waals surface area contributed by atoms with Crippen molar-refractivity contribution >= 4 is 38.6 Å². The highest BCUT2D eigenvalue weighted by Gasteiger charge is 2.23. The molecule has 0 bridgehead atoms. The third kappa shape index (κ3) is 3.69. The van der Waals surface area contributed by atoms with E-state index in [1.807, 2.05) is 26.0 Å². The first-order valence-electron chi connectivity index (χ1n) is 12.1. The second-order valence-corrected chi connectivity index (χ2v) is 8.89. The number of hydrogen-bond acceptors (Lipinski definition) is 9. The maximum atomic E-state index is 8.79. The fourth-order valence-electron chi connectivity index (χ4n) is 3.92. The summed E-state index contributed by atoms with van der Waals surface area (Å²) in [5.74, 6) is 0.420. The van der Waals surface area contributed by atoms with Gasteiger partial charge in [0.2, 0.25) is 5.95 Å². The summed E-state index contributed by atoms with van der Waals surface area (Å²) >= 11 is 1.31. The molecule has 32 heavy (non-hydrogen) atoms. The molecule has 164 valence electrons. The average molecular weight is 452 g/mol. The van der Waals surface area contributed by atoms with Gasteiger partial charge in [0.25, 0.3) is 0 Å². The van der Waals surface area contributed by atoms with Crippen LogP contribution >= 0.6 is 11.3 Å².